The lowest BCUT2D eigenvalue weighted by atomic mass is 10.2. The Kier molecular flexibility index (Phi) is 11.2. The number of amides is 1. The van der Waals surface area contributed by atoms with Crippen LogP contribution in [0.2, 0.25) is 0 Å². The third-order valence-corrected chi connectivity index (χ3v) is 6.29. The molecule has 0 bridgehead atoms. The molecule has 4 aromatic rings. The summed E-state index contributed by atoms with van der Waals surface area (Å²) in [6.07, 6.45) is 4.29. The van der Waals surface area contributed by atoms with Gasteiger partial charge in [0.15, 0.2) is 17.2 Å². The van der Waals surface area contributed by atoms with Crippen molar-refractivity contribution in [3.8, 4) is 17.2 Å². The molecule has 1 heterocycles. The number of aromatic nitrogens is 1. The van der Waals surface area contributed by atoms with Crippen molar-refractivity contribution in [2.45, 2.75) is 26.7 Å². The van der Waals surface area contributed by atoms with Gasteiger partial charge >= 0.3 is 5.97 Å². The number of halogens is 1. The van der Waals surface area contributed by atoms with Gasteiger partial charge in [-0.05, 0) is 47.9 Å². The first-order chi connectivity index (χ1) is 21.0. The van der Waals surface area contributed by atoms with E-state index in [2.05, 4.69) is 4.98 Å². The lowest BCUT2D eigenvalue weighted by molar-refractivity contribution is -0.137. The second-order valence-corrected chi connectivity index (χ2v) is 9.36. The fourth-order valence-corrected chi connectivity index (χ4v) is 4.09. The number of carbonyl (C=O) groups is 2. The zero-order chi connectivity index (χ0) is 30.4. The van der Waals surface area contributed by atoms with E-state index in [1.807, 2.05) is 54.6 Å². The van der Waals surface area contributed by atoms with Gasteiger partial charge in [0.05, 0.1) is 13.7 Å². The van der Waals surface area contributed by atoms with Crippen LogP contribution < -0.4 is 14.2 Å². The van der Waals surface area contributed by atoms with Gasteiger partial charge in [-0.1, -0.05) is 60.7 Å². The Hall–Kier alpha value is -5.18. The van der Waals surface area contributed by atoms with E-state index >= 15 is 0 Å². The third-order valence-electron chi connectivity index (χ3n) is 6.29. The maximum Gasteiger partial charge on any atom is 0.330 e. The Morgan fingerprint density at radius 2 is 1.53 bits per heavy atom. The average Bonchev–Trinajstić information content (AvgIpc) is 3.04. The van der Waals surface area contributed by atoms with Gasteiger partial charge in [-0.2, -0.15) is 0 Å². The molecule has 0 saturated heterocycles. The normalized spacial score (nSPS) is 10.8. The van der Waals surface area contributed by atoms with Crippen LogP contribution in [-0.2, 0) is 29.3 Å². The van der Waals surface area contributed by atoms with Crippen molar-refractivity contribution in [3.05, 3.63) is 131 Å². The number of ether oxygens (including phenoxy) is 4. The summed E-state index contributed by atoms with van der Waals surface area (Å²) in [5.41, 5.74) is 2.51. The summed E-state index contributed by atoms with van der Waals surface area (Å²) in [6, 6.07) is 24.5. The molecule has 222 valence electrons. The van der Waals surface area contributed by atoms with E-state index in [9.17, 15) is 14.0 Å². The molecule has 0 N–H and O–H groups in total. The zero-order valence-electron chi connectivity index (χ0n) is 24.1. The molecular weight excluding hydrogens is 551 g/mol. The number of benzene rings is 3. The van der Waals surface area contributed by atoms with Crippen LogP contribution in [0.1, 0.15) is 34.1 Å². The van der Waals surface area contributed by atoms with E-state index in [1.165, 1.54) is 35.4 Å². The molecule has 4 rings (SSSR count). The molecule has 0 unspecified atom stereocenters. The third kappa shape index (κ3) is 9.16. The number of esters is 1. The number of hydrogen-bond donors (Lipinski definition) is 0. The molecule has 0 aliphatic carbocycles. The summed E-state index contributed by atoms with van der Waals surface area (Å²) in [5, 5.41) is 0. The van der Waals surface area contributed by atoms with Crippen LogP contribution in [-0.4, -0.2) is 42.0 Å². The van der Waals surface area contributed by atoms with E-state index in [1.54, 1.807) is 32.2 Å². The highest BCUT2D eigenvalue weighted by Gasteiger charge is 2.25. The van der Waals surface area contributed by atoms with Crippen LogP contribution in [0.3, 0.4) is 0 Å². The van der Waals surface area contributed by atoms with Crippen LogP contribution in [0, 0.1) is 5.82 Å². The SMILES string of the molecule is CCOC(=O)/C=C/CN(Cc1ccc(F)cc1)C(=O)c1nccc(OCc2ccc(OC)cc2)c1OCc1ccccc1. The monoisotopic (exact) mass is 584 g/mol. The lowest BCUT2D eigenvalue weighted by Crippen LogP contribution is -2.32. The Balaban J connectivity index is 1.64. The van der Waals surface area contributed by atoms with Crippen LogP contribution in [0.25, 0.3) is 0 Å². The van der Waals surface area contributed by atoms with Gasteiger partial charge in [0.2, 0.25) is 0 Å². The predicted molar refractivity (Wildman–Crippen MR) is 159 cm³/mol. The largest absolute Gasteiger partial charge is 0.497 e. The molecule has 8 nitrogen and oxygen atoms in total. The number of nitrogens with zero attached hydrogens (tertiary/aromatic N) is 2. The number of pyridine rings is 1. The summed E-state index contributed by atoms with van der Waals surface area (Å²) >= 11 is 0. The molecule has 0 atom stereocenters. The molecular formula is C34H33FN2O6. The zero-order valence-corrected chi connectivity index (χ0v) is 24.1. The van der Waals surface area contributed by atoms with Gasteiger partial charge in [0.25, 0.3) is 5.91 Å². The Labute approximate surface area is 250 Å². The maximum absolute atomic E-state index is 14.0. The summed E-state index contributed by atoms with van der Waals surface area (Å²) in [5.74, 6) is -0.113. The van der Waals surface area contributed by atoms with Crippen LogP contribution in [0.4, 0.5) is 4.39 Å². The van der Waals surface area contributed by atoms with Gasteiger partial charge in [-0.3, -0.25) is 4.79 Å². The molecule has 0 radical (unpaired) electrons. The summed E-state index contributed by atoms with van der Waals surface area (Å²) in [7, 11) is 1.60. The van der Waals surface area contributed by atoms with Crippen LogP contribution in [0.15, 0.2) is 103 Å². The first kappa shape index (κ1) is 30.8. The van der Waals surface area contributed by atoms with Gasteiger partial charge < -0.3 is 23.8 Å². The minimum absolute atomic E-state index is 0.0369. The van der Waals surface area contributed by atoms with E-state index in [0.29, 0.717) is 11.3 Å². The summed E-state index contributed by atoms with van der Waals surface area (Å²) < 4.78 is 36.1. The maximum atomic E-state index is 14.0. The van der Waals surface area contributed by atoms with Gasteiger partial charge in [-0.25, -0.2) is 14.2 Å². The molecule has 1 amide bonds. The van der Waals surface area contributed by atoms with Gasteiger partial charge in [0.1, 0.15) is 24.8 Å². The molecule has 0 aliphatic heterocycles. The molecule has 9 heteroatoms. The van der Waals surface area contributed by atoms with Crippen molar-refractivity contribution in [2.24, 2.45) is 0 Å². The van der Waals surface area contributed by atoms with Crippen LogP contribution in [0.5, 0.6) is 17.2 Å². The topological polar surface area (TPSA) is 87.2 Å². The van der Waals surface area contributed by atoms with Crippen molar-refractivity contribution in [1.82, 2.24) is 9.88 Å². The Bertz CT molecular complexity index is 1510. The molecule has 0 fully saturated rings. The van der Waals surface area contributed by atoms with Gasteiger partial charge in [-0.15, -0.1) is 0 Å². The van der Waals surface area contributed by atoms with Crippen LogP contribution >= 0.6 is 0 Å². The number of hydrogen-bond acceptors (Lipinski definition) is 7. The van der Waals surface area contributed by atoms with E-state index < -0.39 is 11.9 Å². The predicted octanol–water partition coefficient (Wildman–Crippen LogP) is 6.15. The fourth-order valence-electron chi connectivity index (χ4n) is 4.09. The van der Waals surface area contributed by atoms with Crippen molar-refractivity contribution in [1.29, 1.82) is 0 Å². The van der Waals surface area contributed by atoms with Crippen molar-refractivity contribution in [3.63, 3.8) is 0 Å². The summed E-state index contributed by atoms with van der Waals surface area (Å²) in [6.45, 7) is 2.52. The highest BCUT2D eigenvalue weighted by Crippen LogP contribution is 2.33. The minimum atomic E-state index is -0.518. The highest BCUT2D eigenvalue weighted by molar-refractivity contribution is 5.96. The first-order valence-corrected chi connectivity index (χ1v) is 13.7. The van der Waals surface area contributed by atoms with Crippen molar-refractivity contribution >= 4 is 11.9 Å². The first-order valence-electron chi connectivity index (χ1n) is 13.7. The number of rotatable bonds is 14. The van der Waals surface area contributed by atoms with E-state index in [-0.39, 0.29) is 50.2 Å². The summed E-state index contributed by atoms with van der Waals surface area (Å²) in [4.78, 5) is 31.8. The van der Waals surface area contributed by atoms with Crippen molar-refractivity contribution < 1.29 is 32.9 Å². The van der Waals surface area contributed by atoms with Gasteiger partial charge in [0, 0.05) is 31.4 Å². The van der Waals surface area contributed by atoms with E-state index in [4.69, 9.17) is 18.9 Å². The Morgan fingerprint density at radius 3 is 2.23 bits per heavy atom. The molecule has 0 spiro atoms. The molecule has 43 heavy (non-hydrogen) atoms. The highest BCUT2D eigenvalue weighted by atomic mass is 19.1. The second kappa shape index (κ2) is 15.7. The molecule has 0 saturated carbocycles. The smallest absolute Gasteiger partial charge is 0.330 e. The Morgan fingerprint density at radius 1 is 0.860 bits per heavy atom. The number of carbonyl (C=O) groups excluding carboxylic acids is 2. The van der Waals surface area contributed by atoms with E-state index in [0.717, 1.165) is 16.9 Å². The standard InChI is InChI=1S/C34H33FN2O6/c1-3-41-31(38)10-7-21-37(22-25-11-15-28(35)16-12-25)34(39)32-33(43-24-26-8-5-4-6-9-26)30(19-20-36-32)42-23-27-13-17-29(40-2)18-14-27/h4-20H,3,21-24H2,1-2H3/b10-7+. The quantitative estimate of drug-likeness (QED) is 0.130. The van der Waals surface area contributed by atoms with Crippen molar-refractivity contribution in [2.75, 3.05) is 20.3 Å². The molecule has 3 aromatic carbocycles. The minimum Gasteiger partial charge on any atom is -0.497 e. The molecule has 0 aliphatic rings. The average molecular weight is 585 g/mol. The fraction of sp³-hybridized carbons (Fsp3) is 0.206. The number of methoxy groups -OCH3 is 1. The second-order valence-electron chi connectivity index (χ2n) is 9.36. The lowest BCUT2D eigenvalue weighted by Gasteiger charge is -2.23. The molecule has 1 aromatic heterocycles.